The Labute approximate surface area is 75.8 Å². The quantitative estimate of drug-likeness (QED) is 0.591. The van der Waals surface area contributed by atoms with E-state index in [-0.39, 0.29) is 5.91 Å². The maximum Gasteiger partial charge on any atom is 0.274 e. The average Bonchev–Trinajstić information content (AvgIpc) is 2.36. The van der Waals surface area contributed by atoms with Gasteiger partial charge in [0.2, 0.25) is 0 Å². The van der Waals surface area contributed by atoms with E-state index in [2.05, 4.69) is 15.9 Å². The summed E-state index contributed by atoms with van der Waals surface area (Å²) in [4.78, 5) is 11.4. The van der Waals surface area contributed by atoms with Crippen molar-refractivity contribution in [2.24, 2.45) is 0 Å². The molecule has 0 aliphatic heterocycles. The Bertz CT molecular complexity index is 315. The third kappa shape index (κ3) is 2.03. The minimum atomic E-state index is -0.358. The molecular formula is C6H3BrN2OS. The van der Waals surface area contributed by atoms with E-state index in [1.807, 2.05) is 5.32 Å². The van der Waals surface area contributed by atoms with E-state index in [9.17, 15) is 4.79 Å². The van der Waals surface area contributed by atoms with Crippen molar-refractivity contribution in [3.05, 3.63) is 20.8 Å². The monoisotopic (exact) mass is 230 g/mol. The summed E-state index contributed by atoms with van der Waals surface area (Å²) in [6, 6.07) is 3.42. The van der Waals surface area contributed by atoms with E-state index in [0.29, 0.717) is 4.88 Å². The maximum absolute atomic E-state index is 10.9. The average molecular weight is 231 g/mol. The first-order chi connectivity index (χ1) is 5.24. The summed E-state index contributed by atoms with van der Waals surface area (Å²) in [5.74, 6) is -0.358. The molecule has 0 aromatic carbocycles. The minimum Gasteiger partial charge on any atom is -0.267 e. The molecule has 1 amide bonds. The topological polar surface area (TPSA) is 52.9 Å². The lowest BCUT2D eigenvalue weighted by Gasteiger charge is -1.88. The normalized spacial score (nSPS) is 8.73. The van der Waals surface area contributed by atoms with Gasteiger partial charge in [-0.05, 0) is 28.1 Å². The number of nitriles is 1. The number of halogens is 1. The number of nitrogens with zero attached hydrogens (tertiary/aromatic N) is 1. The molecule has 1 aromatic heterocycles. The lowest BCUT2D eigenvalue weighted by molar-refractivity contribution is 0.0977. The van der Waals surface area contributed by atoms with Gasteiger partial charge in [0.25, 0.3) is 5.91 Å². The fourth-order valence-corrected chi connectivity index (χ4v) is 1.83. The molecule has 1 aromatic rings. The number of carbonyl (C=O) groups excluding carboxylic acids is 1. The molecule has 0 saturated carbocycles. The van der Waals surface area contributed by atoms with Crippen LogP contribution in [0.4, 0.5) is 0 Å². The highest BCUT2D eigenvalue weighted by Gasteiger charge is 2.06. The van der Waals surface area contributed by atoms with Crippen molar-refractivity contribution in [3.63, 3.8) is 0 Å². The number of rotatable bonds is 1. The van der Waals surface area contributed by atoms with Crippen LogP contribution in [0.3, 0.4) is 0 Å². The first-order valence-electron chi connectivity index (χ1n) is 2.69. The summed E-state index contributed by atoms with van der Waals surface area (Å²) in [5, 5.41) is 10.1. The summed E-state index contributed by atoms with van der Waals surface area (Å²) in [6.07, 6.45) is 1.57. The fourth-order valence-electron chi connectivity index (χ4n) is 0.549. The van der Waals surface area contributed by atoms with E-state index in [4.69, 9.17) is 5.26 Å². The van der Waals surface area contributed by atoms with E-state index in [0.717, 1.165) is 3.79 Å². The summed E-state index contributed by atoms with van der Waals surface area (Å²) >= 11 is 4.50. The van der Waals surface area contributed by atoms with Crippen LogP contribution in [-0.2, 0) is 0 Å². The first kappa shape index (κ1) is 8.24. The van der Waals surface area contributed by atoms with Gasteiger partial charge in [-0.2, -0.15) is 5.26 Å². The molecule has 1 heterocycles. The van der Waals surface area contributed by atoms with Gasteiger partial charge in [-0.25, -0.2) is 0 Å². The SMILES string of the molecule is N#CNC(=O)c1ccc(Br)s1. The lowest BCUT2D eigenvalue weighted by atomic mass is 10.4. The first-order valence-corrected chi connectivity index (χ1v) is 4.30. The van der Waals surface area contributed by atoms with Gasteiger partial charge in [0.05, 0.1) is 8.66 Å². The largest absolute Gasteiger partial charge is 0.274 e. The molecule has 0 atom stereocenters. The lowest BCUT2D eigenvalue weighted by Crippen LogP contribution is -2.15. The van der Waals surface area contributed by atoms with Gasteiger partial charge in [-0.3, -0.25) is 10.1 Å². The van der Waals surface area contributed by atoms with E-state index >= 15 is 0 Å². The third-order valence-electron chi connectivity index (χ3n) is 0.966. The molecule has 3 nitrogen and oxygen atoms in total. The molecule has 56 valence electrons. The predicted molar refractivity (Wildman–Crippen MR) is 45.1 cm³/mol. The summed E-state index contributed by atoms with van der Waals surface area (Å²) < 4.78 is 0.876. The van der Waals surface area contributed by atoms with Gasteiger partial charge in [-0.15, -0.1) is 11.3 Å². The Balaban J connectivity index is 2.78. The number of amides is 1. The van der Waals surface area contributed by atoms with Crippen molar-refractivity contribution in [1.29, 1.82) is 5.26 Å². The zero-order chi connectivity index (χ0) is 8.27. The van der Waals surface area contributed by atoms with Crippen molar-refractivity contribution in [3.8, 4) is 6.19 Å². The van der Waals surface area contributed by atoms with Crippen molar-refractivity contribution in [1.82, 2.24) is 5.32 Å². The van der Waals surface area contributed by atoms with Crippen molar-refractivity contribution in [2.75, 3.05) is 0 Å². The third-order valence-corrected chi connectivity index (χ3v) is 2.59. The number of thiophene rings is 1. The van der Waals surface area contributed by atoms with Gasteiger partial charge in [-0.1, -0.05) is 0 Å². The fraction of sp³-hybridized carbons (Fsp3) is 0. The smallest absolute Gasteiger partial charge is 0.267 e. The van der Waals surface area contributed by atoms with Crippen LogP contribution >= 0.6 is 27.3 Å². The van der Waals surface area contributed by atoms with Crippen molar-refractivity contribution < 1.29 is 4.79 Å². The standard InChI is InChI=1S/C6H3BrN2OS/c7-5-2-1-4(11-5)6(10)9-3-8/h1-2H,(H,9,10). The molecule has 1 rings (SSSR count). The summed E-state index contributed by atoms with van der Waals surface area (Å²) in [5.41, 5.74) is 0. The van der Waals surface area contributed by atoms with Crippen LogP contribution < -0.4 is 5.32 Å². The Morgan fingerprint density at radius 1 is 1.73 bits per heavy atom. The van der Waals surface area contributed by atoms with Gasteiger partial charge in [0.1, 0.15) is 0 Å². The number of hydrogen-bond donors (Lipinski definition) is 1. The second kappa shape index (κ2) is 3.51. The van der Waals surface area contributed by atoms with Crippen LogP contribution in [0, 0.1) is 11.5 Å². The summed E-state index contributed by atoms with van der Waals surface area (Å²) in [7, 11) is 0. The van der Waals surface area contributed by atoms with Crippen LogP contribution in [0.2, 0.25) is 0 Å². The van der Waals surface area contributed by atoms with Gasteiger partial charge in [0, 0.05) is 0 Å². The molecule has 1 N–H and O–H groups in total. The highest BCUT2D eigenvalue weighted by Crippen LogP contribution is 2.21. The van der Waals surface area contributed by atoms with E-state index in [1.54, 1.807) is 18.3 Å². The molecule has 0 saturated heterocycles. The molecular weight excluding hydrogens is 228 g/mol. The molecule has 0 aliphatic rings. The highest BCUT2D eigenvalue weighted by atomic mass is 79.9. The zero-order valence-corrected chi connectivity index (χ0v) is 7.70. The van der Waals surface area contributed by atoms with Crippen LogP contribution in [0.5, 0.6) is 0 Å². The predicted octanol–water partition coefficient (Wildman–Crippen LogP) is 1.72. The molecule has 0 aliphatic carbocycles. The van der Waals surface area contributed by atoms with Crippen LogP contribution in [0.25, 0.3) is 0 Å². The van der Waals surface area contributed by atoms with Crippen LogP contribution in [0.15, 0.2) is 15.9 Å². The van der Waals surface area contributed by atoms with E-state index < -0.39 is 0 Å². The summed E-state index contributed by atoms with van der Waals surface area (Å²) in [6.45, 7) is 0. The van der Waals surface area contributed by atoms with E-state index in [1.165, 1.54) is 11.3 Å². The van der Waals surface area contributed by atoms with Crippen molar-refractivity contribution >= 4 is 33.2 Å². The Morgan fingerprint density at radius 2 is 2.45 bits per heavy atom. The van der Waals surface area contributed by atoms with Gasteiger partial charge < -0.3 is 0 Å². The number of nitrogens with one attached hydrogen (secondary N) is 1. The Kier molecular flexibility index (Phi) is 2.63. The van der Waals surface area contributed by atoms with Crippen LogP contribution in [-0.4, -0.2) is 5.91 Å². The number of carbonyl (C=O) groups is 1. The zero-order valence-electron chi connectivity index (χ0n) is 5.30. The Morgan fingerprint density at radius 3 is 2.91 bits per heavy atom. The minimum absolute atomic E-state index is 0.358. The molecule has 11 heavy (non-hydrogen) atoms. The van der Waals surface area contributed by atoms with Crippen molar-refractivity contribution in [2.45, 2.75) is 0 Å². The second-order valence-electron chi connectivity index (χ2n) is 1.67. The highest BCUT2D eigenvalue weighted by molar-refractivity contribution is 9.11. The molecule has 0 spiro atoms. The molecule has 0 radical (unpaired) electrons. The maximum atomic E-state index is 10.9. The molecule has 0 fully saturated rings. The molecule has 5 heteroatoms. The van der Waals surface area contributed by atoms with Gasteiger partial charge in [0.15, 0.2) is 6.19 Å². The number of hydrogen-bond acceptors (Lipinski definition) is 3. The molecule has 0 unspecified atom stereocenters. The second-order valence-corrected chi connectivity index (χ2v) is 4.13. The Hall–Kier alpha value is -0.860. The van der Waals surface area contributed by atoms with Crippen LogP contribution in [0.1, 0.15) is 9.67 Å². The van der Waals surface area contributed by atoms with Gasteiger partial charge >= 0.3 is 0 Å². The molecule has 0 bridgehead atoms.